The van der Waals surface area contributed by atoms with Gasteiger partial charge in [-0.05, 0) is 35.0 Å². The van der Waals surface area contributed by atoms with E-state index in [9.17, 15) is 9.59 Å². The van der Waals surface area contributed by atoms with Gasteiger partial charge in [0.05, 0.1) is 18.3 Å². The zero-order valence-electron chi connectivity index (χ0n) is 11.2. The molecule has 0 saturated heterocycles. The average molecular weight is 353 g/mol. The first-order valence-electron chi connectivity index (χ1n) is 6.11. The lowest BCUT2D eigenvalue weighted by Gasteiger charge is -2.06. The van der Waals surface area contributed by atoms with E-state index >= 15 is 0 Å². The minimum Gasteiger partial charge on any atom is -0.480 e. The minimum atomic E-state index is -1.00. The van der Waals surface area contributed by atoms with Crippen molar-refractivity contribution in [1.82, 2.24) is 20.3 Å². The van der Waals surface area contributed by atoms with Gasteiger partial charge in [-0.15, -0.1) is 5.10 Å². The van der Waals surface area contributed by atoms with Crippen LogP contribution in [0.25, 0.3) is 0 Å². The Balaban J connectivity index is 1.99. The molecule has 1 aromatic heterocycles. The highest BCUT2D eigenvalue weighted by atomic mass is 79.9. The van der Waals surface area contributed by atoms with Crippen LogP contribution in [-0.2, 0) is 17.9 Å². The number of aliphatic carboxylic acids is 1. The molecule has 0 atom stereocenters. The van der Waals surface area contributed by atoms with Crippen molar-refractivity contribution < 1.29 is 14.7 Å². The molecule has 0 saturated carbocycles. The van der Waals surface area contributed by atoms with E-state index in [1.54, 1.807) is 6.07 Å². The van der Waals surface area contributed by atoms with Crippen LogP contribution in [0.1, 0.15) is 21.6 Å². The van der Waals surface area contributed by atoms with Crippen LogP contribution in [0.15, 0.2) is 28.9 Å². The normalized spacial score (nSPS) is 10.4. The van der Waals surface area contributed by atoms with Crippen LogP contribution in [0.5, 0.6) is 0 Å². The number of hydrogen-bond donors (Lipinski definition) is 2. The van der Waals surface area contributed by atoms with E-state index in [4.69, 9.17) is 5.11 Å². The van der Waals surface area contributed by atoms with E-state index in [2.05, 4.69) is 31.6 Å². The third-order valence-corrected chi connectivity index (χ3v) is 3.37. The first-order valence-corrected chi connectivity index (χ1v) is 6.90. The van der Waals surface area contributed by atoms with Gasteiger partial charge in [-0.2, -0.15) is 0 Å². The average Bonchev–Trinajstić information content (AvgIpc) is 2.85. The molecule has 0 aliphatic heterocycles. The molecule has 0 spiro atoms. The Morgan fingerprint density at radius 3 is 2.90 bits per heavy atom. The lowest BCUT2D eigenvalue weighted by molar-refractivity contribution is -0.137. The molecular formula is C13H13BrN4O3. The monoisotopic (exact) mass is 352 g/mol. The number of carboxylic acids is 1. The third kappa shape index (κ3) is 4.12. The maximum atomic E-state index is 12.1. The van der Waals surface area contributed by atoms with Crippen molar-refractivity contribution in [3.63, 3.8) is 0 Å². The number of nitrogens with zero attached hydrogens (tertiary/aromatic N) is 3. The summed E-state index contributed by atoms with van der Waals surface area (Å²) in [7, 11) is 0. The highest BCUT2D eigenvalue weighted by Gasteiger charge is 2.11. The molecule has 0 unspecified atom stereocenters. The number of amides is 1. The number of carbonyl (C=O) groups excluding carboxylic acids is 1. The summed E-state index contributed by atoms with van der Waals surface area (Å²) in [5, 5.41) is 18.8. The first kappa shape index (κ1) is 15.2. The van der Waals surface area contributed by atoms with Crippen molar-refractivity contribution >= 4 is 27.8 Å². The van der Waals surface area contributed by atoms with Crippen molar-refractivity contribution in [2.75, 3.05) is 0 Å². The van der Waals surface area contributed by atoms with Crippen molar-refractivity contribution in [3.05, 3.63) is 45.7 Å². The van der Waals surface area contributed by atoms with Crippen LogP contribution in [0.4, 0.5) is 0 Å². The molecular weight excluding hydrogens is 340 g/mol. The van der Waals surface area contributed by atoms with E-state index in [0.717, 1.165) is 5.56 Å². The second kappa shape index (κ2) is 6.49. The quantitative estimate of drug-likeness (QED) is 0.846. The molecule has 1 heterocycles. The predicted octanol–water partition coefficient (Wildman–Crippen LogP) is 1.36. The minimum absolute atomic E-state index is 0.179. The Hall–Kier alpha value is -2.22. The Kier molecular flexibility index (Phi) is 4.69. The van der Waals surface area contributed by atoms with Gasteiger partial charge in [0.2, 0.25) is 0 Å². The molecule has 110 valence electrons. The summed E-state index contributed by atoms with van der Waals surface area (Å²) in [6.45, 7) is 1.82. The highest BCUT2D eigenvalue weighted by molar-refractivity contribution is 9.10. The maximum Gasteiger partial charge on any atom is 0.325 e. The summed E-state index contributed by atoms with van der Waals surface area (Å²) in [6, 6.07) is 5.49. The Labute approximate surface area is 129 Å². The smallest absolute Gasteiger partial charge is 0.325 e. The molecule has 7 nitrogen and oxygen atoms in total. The zero-order valence-corrected chi connectivity index (χ0v) is 12.8. The molecule has 2 N–H and O–H groups in total. The van der Waals surface area contributed by atoms with E-state index in [1.165, 1.54) is 10.9 Å². The van der Waals surface area contributed by atoms with Crippen molar-refractivity contribution in [3.8, 4) is 0 Å². The van der Waals surface area contributed by atoms with Gasteiger partial charge in [0, 0.05) is 4.47 Å². The summed E-state index contributed by atoms with van der Waals surface area (Å²) in [6.07, 6.45) is 1.49. The Morgan fingerprint density at radius 1 is 1.43 bits per heavy atom. The van der Waals surface area contributed by atoms with Gasteiger partial charge >= 0.3 is 5.97 Å². The number of aryl methyl sites for hydroxylation is 1. The number of aromatic nitrogens is 3. The summed E-state index contributed by atoms with van der Waals surface area (Å²) < 4.78 is 1.91. The van der Waals surface area contributed by atoms with Crippen molar-refractivity contribution in [2.24, 2.45) is 0 Å². The number of nitrogens with one attached hydrogen (secondary N) is 1. The number of benzene rings is 1. The number of carboxylic acid groups (broad SMARTS) is 1. The molecule has 0 bridgehead atoms. The number of rotatable bonds is 5. The van der Waals surface area contributed by atoms with Gasteiger partial charge in [-0.25, -0.2) is 4.68 Å². The third-order valence-electron chi connectivity index (χ3n) is 2.68. The zero-order chi connectivity index (χ0) is 15.4. The number of halogens is 1. The number of hydrogen-bond acceptors (Lipinski definition) is 4. The molecule has 1 amide bonds. The second-order valence-corrected chi connectivity index (χ2v) is 5.32. The highest BCUT2D eigenvalue weighted by Crippen LogP contribution is 2.18. The molecule has 0 aliphatic carbocycles. The summed E-state index contributed by atoms with van der Waals surface area (Å²) in [5.41, 5.74) is 2.01. The van der Waals surface area contributed by atoms with Gasteiger partial charge in [0.15, 0.2) is 0 Å². The van der Waals surface area contributed by atoms with E-state index in [0.29, 0.717) is 15.7 Å². The Bertz CT molecular complexity index is 684. The van der Waals surface area contributed by atoms with Gasteiger partial charge in [0.1, 0.15) is 12.2 Å². The fraction of sp³-hybridized carbons (Fsp3) is 0.231. The lowest BCUT2D eigenvalue weighted by Crippen LogP contribution is -2.23. The predicted molar refractivity (Wildman–Crippen MR) is 77.7 cm³/mol. The first-order chi connectivity index (χ1) is 9.95. The molecule has 2 rings (SSSR count). The molecule has 1 aromatic carbocycles. The second-order valence-electron chi connectivity index (χ2n) is 4.47. The topological polar surface area (TPSA) is 97.1 Å². The summed E-state index contributed by atoms with van der Waals surface area (Å²) >= 11 is 3.33. The van der Waals surface area contributed by atoms with Crippen LogP contribution < -0.4 is 5.32 Å². The molecule has 0 fully saturated rings. The molecule has 21 heavy (non-hydrogen) atoms. The molecule has 0 aliphatic rings. The van der Waals surface area contributed by atoms with Crippen LogP contribution >= 0.6 is 15.9 Å². The van der Waals surface area contributed by atoms with Crippen molar-refractivity contribution in [1.29, 1.82) is 0 Å². The van der Waals surface area contributed by atoms with Gasteiger partial charge < -0.3 is 10.4 Å². The summed E-state index contributed by atoms with van der Waals surface area (Å²) in [4.78, 5) is 22.6. The fourth-order valence-electron chi connectivity index (χ4n) is 1.71. The number of carbonyl (C=O) groups is 2. The SMILES string of the molecule is Cc1ccc(Br)c(C(=O)NCc2cn(CC(=O)O)nn2)c1. The largest absolute Gasteiger partial charge is 0.480 e. The lowest BCUT2D eigenvalue weighted by atomic mass is 10.1. The van der Waals surface area contributed by atoms with Gasteiger partial charge in [-0.3, -0.25) is 9.59 Å². The maximum absolute atomic E-state index is 12.1. The molecule has 8 heteroatoms. The van der Waals surface area contributed by atoms with Crippen molar-refractivity contribution in [2.45, 2.75) is 20.0 Å². The van der Waals surface area contributed by atoms with Crippen LogP contribution in [-0.4, -0.2) is 32.0 Å². The standard InChI is InChI=1S/C13H13BrN4O3/c1-8-2-3-11(14)10(4-8)13(21)15-5-9-6-18(17-16-9)7-12(19)20/h2-4,6H,5,7H2,1H3,(H,15,21)(H,19,20). The van der Waals surface area contributed by atoms with Crippen LogP contribution in [0.3, 0.4) is 0 Å². The molecule has 0 radical (unpaired) electrons. The van der Waals surface area contributed by atoms with Gasteiger partial charge in [-0.1, -0.05) is 16.8 Å². The van der Waals surface area contributed by atoms with E-state index in [-0.39, 0.29) is 19.0 Å². The van der Waals surface area contributed by atoms with Crippen LogP contribution in [0, 0.1) is 6.92 Å². The summed E-state index contributed by atoms with van der Waals surface area (Å²) in [5.74, 6) is -1.24. The van der Waals surface area contributed by atoms with E-state index < -0.39 is 5.97 Å². The van der Waals surface area contributed by atoms with Gasteiger partial charge in [0.25, 0.3) is 5.91 Å². The Morgan fingerprint density at radius 2 is 2.19 bits per heavy atom. The molecule has 2 aromatic rings. The van der Waals surface area contributed by atoms with Crippen LogP contribution in [0.2, 0.25) is 0 Å². The van der Waals surface area contributed by atoms with E-state index in [1.807, 2.05) is 19.1 Å². The fourth-order valence-corrected chi connectivity index (χ4v) is 2.14.